The van der Waals surface area contributed by atoms with Crippen LogP contribution < -0.4 is 4.72 Å². The van der Waals surface area contributed by atoms with Crippen molar-refractivity contribution in [2.75, 3.05) is 7.11 Å². The van der Waals surface area contributed by atoms with Crippen molar-refractivity contribution in [3.63, 3.8) is 0 Å². The maximum atomic E-state index is 12.0. The fourth-order valence-corrected chi connectivity index (χ4v) is 3.03. The molecular formula is C16H17NO4S. The molecule has 6 heteroatoms. The maximum absolute atomic E-state index is 12.0. The number of hydrogen-bond acceptors (Lipinski definition) is 4. The Morgan fingerprint density at radius 3 is 2.23 bits per heavy atom. The molecule has 0 bridgehead atoms. The number of esters is 1. The number of carbonyl (C=O) groups excluding carboxylic acids is 1. The Balaban J connectivity index is 1.98. The summed E-state index contributed by atoms with van der Waals surface area (Å²) >= 11 is 0. The highest BCUT2D eigenvalue weighted by molar-refractivity contribution is 7.88. The van der Waals surface area contributed by atoms with Gasteiger partial charge in [-0.05, 0) is 23.3 Å². The van der Waals surface area contributed by atoms with Gasteiger partial charge in [0.1, 0.15) is 0 Å². The summed E-state index contributed by atoms with van der Waals surface area (Å²) in [5.74, 6) is -0.585. The molecule has 0 unspecified atom stereocenters. The van der Waals surface area contributed by atoms with Crippen LogP contribution in [0.5, 0.6) is 0 Å². The Bertz CT molecular complexity index is 725. The summed E-state index contributed by atoms with van der Waals surface area (Å²) in [6, 6.07) is 15.6. The molecule has 116 valence electrons. The average molecular weight is 319 g/mol. The molecule has 2 aromatic rings. The first kappa shape index (κ1) is 16.2. The summed E-state index contributed by atoms with van der Waals surface area (Å²) in [4.78, 5) is 11.3. The first-order valence-electron chi connectivity index (χ1n) is 6.69. The smallest absolute Gasteiger partial charge is 0.337 e. The highest BCUT2D eigenvalue weighted by Gasteiger charge is 2.12. The predicted molar refractivity (Wildman–Crippen MR) is 83.7 cm³/mol. The van der Waals surface area contributed by atoms with Crippen LogP contribution in [-0.4, -0.2) is 21.5 Å². The summed E-state index contributed by atoms with van der Waals surface area (Å²) in [6.07, 6.45) is 0. The summed E-state index contributed by atoms with van der Waals surface area (Å²) in [6.45, 7) is 0.253. The second-order valence-electron chi connectivity index (χ2n) is 4.75. The van der Waals surface area contributed by atoms with Crippen LogP contribution in [0.15, 0.2) is 54.6 Å². The van der Waals surface area contributed by atoms with Gasteiger partial charge in [-0.15, -0.1) is 0 Å². The standard InChI is InChI=1S/C16H17NO4S/c1-21-16(18)15-9-7-14(8-10-15)12-22(19,20)17-11-13-5-3-2-4-6-13/h2-10,17H,11-12H2,1H3. The zero-order valence-corrected chi connectivity index (χ0v) is 13.0. The summed E-state index contributed by atoms with van der Waals surface area (Å²) in [5, 5.41) is 0. The summed E-state index contributed by atoms with van der Waals surface area (Å²) < 4.78 is 31.2. The van der Waals surface area contributed by atoms with Crippen LogP contribution in [0, 0.1) is 0 Å². The molecule has 0 heterocycles. The Kier molecular flexibility index (Phi) is 5.30. The van der Waals surface area contributed by atoms with Gasteiger partial charge in [-0.2, -0.15) is 0 Å². The second-order valence-corrected chi connectivity index (χ2v) is 6.56. The van der Waals surface area contributed by atoms with Crippen LogP contribution >= 0.6 is 0 Å². The van der Waals surface area contributed by atoms with E-state index in [0.717, 1.165) is 5.56 Å². The largest absolute Gasteiger partial charge is 0.465 e. The molecule has 22 heavy (non-hydrogen) atoms. The third-order valence-electron chi connectivity index (χ3n) is 3.07. The van der Waals surface area contributed by atoms with Gasteiger partial charge in [0, 0.05) is 6.54 Å². The molecular weight excluding hydrogens is 302 g/mol. The van der Waals surface area contributed by atoms with Crippen molar-refractivity contribution in [1.82, 2.24) is 4.72 Å². The third kappa shape index (κ3) is 4.68. The maximum Gasteiger partial charge on any atom is 0.337 e. The molecule has 0 atom stereocenters. The van der Waals surface area contributed by atoms with E-state index in [-0.39, 0.29) is 12.3 Å². The SMILES string of the molecule is COC(=O)c1ccc(CS(=O)(=O)NCc2ccccc2)cc1. The first-order chi connectivity index (χ1) is 10.5. The highest BCUT2D eigenvalue weighted by Crippen LogP contribution is 2.09. The summed E-state index contributed by atoms with van der Waals surface area (Å²) in [5.41, 5.74) is 1.89. The van der Waals surface area contributed by atoms with Crippen molar-refractivity contribution < 1.29 is 17.9 Å². The van der Waals surface area contributed by atoms with E-state index < -0.39 is 16.0 Å². The minimum absolute atomic E-state index is 0.138. The molecule has 0 saturated heterocycles. The van der Waals surface area contributed by atoms with Gasteiger partial charge in [-0.3, -0.25) is 0 Å². The van der Waals surface area contributed by atoms with E-state index in [0.29, 0.717) is 11.1 Å². The Morgan fingerprint density at radius 2 is 1.64 bits per heavy atom. The zero-order valence-electron chi connectivity index (χ0n) is 12.2. The van der Waals surface area contributed by atoms with E-state index in [2.05, 4.69) is 9.46 Å². The molecule has 0 aliphatic carbocycles. The van der Waals surface area contributed by atoms with E-state index in [1.165, 1.54) is 7.11 Å². The van der Waals surface area contributed by atoms with E-state index in [1.54, 1.807) is 24.3 Å². The fraction of sp³-hybridized carbons (Fsp3) is 0.188. The van der Waals surface area contributed by atoms with Crippen LogP contribution in [-0.2, 0) is 27.1 Å². The van der Waals surface area contributed by atoms with Crippen molar-refractivity contribution in [2.24, 2.45) is 0 Å². The lowest BCUT2D eigenvalue weighted by molar-refractivity contribution is 0.0600. The van der Waals surface area contributed by atoms with Crippen molar-refractivity contribution in [3.05, 3.63) is 71.3 Å². The molecule has 2 rings (SSSR count). The zero-order chi connectivity index (χ0) is 16.0. The van der Waals surface area contributed by atoms with Gasteiger partial charge < -0.3 is 4.74 Å². The fourth-order valence-electron chi connectivity index (χ4n) is 1.91. The van der Waals surface area contributed by atoms with Crippen LogP contribution in [0.25, 0.3) is 0 Å². The normalized spacial score (nSPS) is 11.1. The Labute approximate surface area is 130 Å². The molecule has 0 amide bonds. The van der Waals surface area contributed by atoms with E-state index in [4.69, 9.17) is 0 Å². The molecule has 0 saturated carbocycles. The second kappa shape index (κ2) is 7.20. The van der Waals surface area contributed by atoms with Crippen LogP contribution in [0.4, 0.5) is 0 Å². The van der Waals surface area contributed by atoms with Crippen molar-refractivity contribution >= 4 is 16.0 Å². The van der Waals surface area contributed by atoms with Crippen molar-refractivity contribution in [2.45, 2.75) is 12.3 Å². The number of sulfonamides is 1. The monoisotopic (exact) mass is 319 g/mol. The lowest BCUT2D eigenvalue weighted by atomic mass is 10.1. The van der Waals surface area contributed by atoms with Crippen molar-refractivity contribution in [1.29, 1.82) is 0 Å². The molecule has 0 spiro atoms. The van der Waals surface area contributed by atoms with Gasteiger partial charge in [-0.1, -0.05) is 42.5 Å². The van der Waals surface area contributed by atoms with Crippen LogP contribution in [0.3, 0.4) is 0 Å². The van der Waals surface area contributed by atoms with Gasteiger partial charge in [0.15, 0.2) is 0 Å². The minimum atomic E-state index is -3.44. The van der Waals surface area contributed by atoms with Crippen LogP contribution in [0.1, 0.15) is 21.5 Å². The first-order valence-corrected chi connectivity index (χ1v) is 8.34. The predicted octanol–water partition coefficient (Wildman–Crippen LogP) is 2.09. The van der Waals surface area contributed by atoms with Gasteiger partial charge >= 0.3 is 5.97 Å². The third-order valence-corrected chi connectivity index (χ3v) is 4.37. The lowest BCUT2D eigenvalue weighted by Gasteiger charge is -2.07. The summed E-state index contributed by atoms with van der Waals surface area (Å²) in [7, 11) is -2.14. The van der Waals surface area contributed by atoms with Crippen molar-refractivity contribution in [3.8, 4) is 0 Å². The molecule has 0 fully saturated rings. The average Bonchev–Trinajstić information content (AvgIpc) is 2.54. The quantitative estimate of drug-likeness (QED) is 0.828. The Hall–Kier alpha value is -2.18. The lowest BCUT2D eigenvalue weighted by Crippen LogP contribution is -2.24. The molecule has 0 radical (unpaired) electrons. The Morgan fingerprint density at radius 1 is 1.00 bits per heavy atom. The van der Waals surface area contributed by atoms with Gasteiger partial charge in [0.25, 0.3) is 0 Å². The topological polar surface area (TPSA) is 72.5 Å². The number of nitrogens with one attached hydrogen (secondary N) is 1. The number of rotatable bonds is 6. The number of ether oxygens (including phenoxy) is 1. The van der Waals surface area contributed by atoms with Gasteiger partial charge in [0.05, 0.1) is 18.4 Å². The number of carbonyl (C=O) groups is 1. The van der Waals surface area contributed by atoms with Gasteiger partial charge in [-0.25, -0.2) is 17.9 Å². The molecule has 2 aromatic carbocycles. The molecule has 0 aromatic heterocycles. The molecule has 1 N–H and O–H groups in total. The molecule has 0 aliphatic heterocycles. The number of benzene rings is 2. The van der Waals surface area contributed by atoms with Crippen LogP contribution in [0.2, 0.25) is 0 Å². The molecule has 0 aliphatic rings. The van der Waals surface area contributed by atoms with Gasteiger partial charge in [0.2, 0.25) is 10.0 Å². The van der Waals surface area contributed by atoms with E-state index in [9.17, 15) is 13.2 Å². The molecule has 5 nitrogen and oxygen atoms in total. The van der Waals surface area contributed by atoms with E-state index >= 15 is 0 Å². The highest BCUT2D eigenvalue weighted by atomic mass is 32.2. The number of hydrogen-bond donors (Lipinski definition) is 1. The number of methoxy groups -OCH3 is 1. The van der Waals surface area contributed by atoms with E-state index in [1.807, 2.05) is 30.3 Å². The minimum Gasteiger partial charge on any atom is -0.465 e.